The van der Waals surface area contributed by atoms with Gasteiger partial charge in [-0.25, -0.2) is 0 Å². The first-order valence-electron chi connectivity index (χ1n) is 9.15. The van der Waals surface area contributed by atoms with E-state index < -0.39 is 6.04 Å². The van der Waals surface area contributed by atoms with E-state index >= 15 is 0 Å². The zero-order valence-corrected chi connectivity index (χ0v) is 15.8. The lowest BCUT2D eigenvalue weighted by Crippen LogP contribution is -2.49. The monoisotopic (exact) mass is 352 g/mol. The summed E-state index contributed by atoms with van der Waals surface area (Å²) in [6, 6.07) is 19.3. The normalized spacial score (nSPS) is 11.8. The molecular formula is C22H28N2O2. The lowest BCUT2D eigenvalue weighted by molar-refractivity contribution is -0.143. The Bertz CT molecular complexity index is 699. The van der Waals surface area contributed by atoms with Gasteiger partial charge in [0, 0.05) is 19.0 Å². The predicted octanol–water partition coefficient (Wildman–Crippen LogP) is 3.42. The van der Waals surface area contributed by atoms with Crippen LogP contribution in [0.1, 0.15) is 31.9 Å². The zero-order chi connectivity index (χ0) is 18.9. The fourth-order valence-corrected chi connectivity index (χ4v) is 2.78. The minimum Gasteiger partial charge on any atom is -0.354 e. The lowest BCUT2D eigenvalue weighted by atomic mass is 10.1. The molecule has 0 aliphatic heterocycles. The molecule has 0 aliphatic rings. The maximum Gasteiger partial charge on any atom is 0.242 e. The van der Waals surface area contributed by atoms with E-state index in [1.54, 1.807) is 11.8 Å². The van der Waals surface area contributed by atoms with Gasteiger partial charge in [-0.2, -0.15) is 0 Å². The number of carbonyl (C=O) groups excluding carboxylic acids is 2. The van der Waals surface area contributed by atoms with Crippen molar-refractivity contribution < 1.29 is 9.59 Å². The van der Waals surface area contributed by atoms with Crippen molar-refractivity contribution in [3.8, 4) is 0 Å². The summed E-state index contributed by atoms with van der Waals surface area (Å²) in [5.74, 6) is -0.288. The van der Waals surface area contributed by atoms with Crippen molar-refractivity contribution in [2.75, 3.05) is 6.54 Å². The van der Waals surface area contributed by atoms with Gasteiger partial charge in [0.1, 0.15) is 6.04 Å². The van der Waals surface area contributed by atoms with Crippen molar-refractivity contribution in [1.82, 2.24) is 10.2 Å². The molecule has 0 fully saturated rings. The van der Waals surface area contributed by atoms with Crippen LogP contribution in [0.25, 0.3) is 0 Å². The zero-order valence-electron chi connectivity index (χ0n) is 15.8. The average molecular weight is 352 g/mol. The van der Waals surface area contributed by atoms with Gasteiger partial charge in [0.2, 0.25) is 11.8 Å². The number of nitrogens with zero attached hydrogens (tertiary/aromatic N) is 1. The van der Waals surface area contributed by atoms with Crippen molar-refractivity contribution in [3.63, 3.8) is 0 Å². The Morgan fingerprint density at radius 1 is 0.885 bits per heavy atom. The molecule has 0 spiro atoms. The standard InChI is InChI=1S/C22H28N2O2/c1-17(2)22(26)24(16-20-12-8-5-9-13-20)18(3)21(25)23-15-14-19-10-6-4-7-11-19/h4-13,17-18H,14-16H2,1-3H3,(H,23,25)/t18-/m1/s1. The van der Waals surface area contributed by atoms with Gasteiger partial charge in [-0.1, -0.05) is 74.5 Å². The highest BCUT2D eigenvalue weighted by Gasteiger charge is 2.27. The average Bonchev–Trinajstić information content (AvgIpc) is 2.66. The van der Waals surface area contributed by atoms with Crippen molar-refractivity contribution in [3.05, 3.63) is 71.8 Å². The molecule has 0 unspecified atom stereocenters. The van der Waals surface area contributed by atoms with E-state index in [2.05, 4.69) is 5.32 Å². The summed E-state index contributed by atoms with van der Waals surface area (Å²) in [5.41, 5.74) is 2.20. The number of hydrogen-bond acceptors (Lipinski definition) is 2. The van der Waals surface area contributed by atoms with E-state index in [0.29, 0.717) is 13.1 Å². The third-order valence-electron chi connectivity index (χ3n) is 4.38. The Kier molecular flexibility index (Phi) is 7.39. The molecule has 0 aliphatic carbocycles. The molecule has 4 nitrogen and oxygen atoms in total. The summed E-state index contributed by atoms with van der Waals surface area (Å²) in [7, 11) is 0. The van der Waals surface area contributed by atoms with E-state index in [1.165, 1.54) is 5.56 Å². The molecule has 26 heavy (non-hydrogen) atoms. The summed E-state index contributed by atoms with van der Waals surface area (Å²) >= 11 is 0. The Hall–Kier alpha value is -2.62. The Morgan fingerprint density at radius 3 is 1.96 bits per heavy atom. The molecule has 0 radical (unpaired) electrons. The summed E-state index contributed by atoms with van der Waals surface area (Å²) in [6.07, 6.45) is 0.774. The molecule has 2 amide bonds. The molecule has 0 heterocycles. The molecule has 2 rings (SSSR count). The fraction of sp³-hybridized carbons (Fsp3) is 0.364. The number of amides is 2. The van der Waals surface area contributed by atoms with Gasteiger partial charge in [-0.15, -0.1) is 0 Å². The fourth-order valence-electron chi connectivity index (χ4n) is 2.78. The van der Waals surface area contributed by atoms with Crippen LogP contribution in [0.15, 0.2) is 60.7 Å². The molecular weight excluding hydrogens is 324 g/mol. The second kappa shape index (κ2) is 9.76. The second-order valence-corrected chi connectivity index (χ2v) is 6.81. The van der Waals surface area contributed by atoms with Gasteiger partial charge in [0.15, 0.2) is 0 Å². The minimum absolute atomic E-state index is 0.0143. The first-order valence-corrected chi connectivity index (χ1v) is 9.15. The molecule has 1 atom stereocenters. The van der Waals surface area contributed by atoms with Crippen LogP contribution in [0.4, 0.5) is 0 Å². The number of rotatable bonds is 8. The van der Waals surface area contributed by atoms with Crippen molar-refractivity contribution >= 4 is 11.8 Å². The number of benzene rings is 2. The van der Waals surface area contributed by atoms with Crippen LogP contribution in [0, 0.1) is 5.92 Å². The minimum atomic E-state index is -0.513. The van der Waals surface area contributed by atoms with Gasteiger partial charge in [0.25, 0.3) is 0 Å². The highest BCUT2D eigenvalue weighted by Crippen LogP contribution is 2.13. The summed E-state index contributed by atoms with van der Waals surface area (Å²) in [6.45, 7) is 6.51. The predicted molar refractivity (Wildman–Crippen MR) is 104 cm³/mol. The molecule has 138 valence electrons. The molecule has 2 aromatic rings. The van der Waals surface area contributed by atoms with Gasteiger partial charge in [-0.3, -0.25) is 9.59 Å². The highest BCUT2D eigenvalue weighted by molar-refractivity contribution is 5.88. The number of nitrogens with one attached hydrogen (secondary N) is 1. The van der Waals surface area contributed by atoms with Crippen molar-refractivity contribution in [2.45, 2.75) is 39.8 Å². The Balaban J connectivity index is 1.98. The molecule has 0 aromatic heterocycles. The van der Waals surface area contributed by atoms with Crippen LogP contribution in [0.2, 0.25) is 0 Å². The second-order valence-electron chi connectivity index (χ2n) is 6.81. The van der Waals surface area contributed by atoms with Crippen LogP contribution in [-0.2, 0) is 22.6 Å². The first kappa shape index (κ1) is 19.7. The topological polar surface area (TPSA) is 49.4 Å². The number of hydrogen-bond donors (Lipinski definition) is 1. The van der Waals surface area contributed by atoms with E-state index in [-0.39, 0.29) is 17.7 Å². The summed E-state index contributed by atoms with van der Waals surface area (Å²) in [5, 5.41) is 2.96. The first-order chi connectivity index (χ1) is 12.5. The SMILES string of the molecule is CC(C)C(=O)N(Cc1ccccc1)[C@H](C)C(=O)NCCc1ccccc1. The van der Waals surface area contributed by atoms with E-state index in [9.17, 15) is 9.59 Å². The molecule has 0 saturated carbocycles. The summed E-state index contributed by atoms with van der Waals surface area (Å²) in [4.78, 5) is 26.9. The largest absolute Gasteiger partial charge is 0.354 e. The van der Waals surface area contributed by atoms with Crippen LogP contribution in [0.3, 0.4) is 0 Å². The van der Waals surface area contributed by atoms with Crippen molar-refractivity contribution in [2.24, 2.45) is 5.92 Å². The van der Waals surface area contributed by atoms with E-state index in [1.807, 2.05) is 74.5 Å². The Labute approximate surface area is 156 Å². The van der Waals surface area contributed by atoms with E-state index in [4.69, 9.17) is 0 Å². The van der Waals surface area contributed by atoms with Crippen LogP contribution < -0.4 is 5.32 Å². The third kappa shape index (κ3) is 5.73. The smallest absolute Gasteiger partial charge is 0.242 e. The molecule has 0 bridgehead atoms. The molecule has 0 saturated heterocycles. The lowest BCUT2D eigenvalue weighted by Gasteiger charge is -2.30. The van der Waals surface area contributed by atoms with Gasteiger partial charge >= 0.3 is 0 Å². The summed E-state index contributed by atoms with van der Waals surface area (Å²) < 4.78 is 0. The van der Waals surface area contributed by atoms with Crippen LogP contribution in [0.5, 0.6) is 0 Å². The van der Waals surface area contributed by atoms with Gasteiger partial charge < -0.3 is 10.2 Å². The molecule has 1 N–H and O–H groups in total. The highest BCUT2D eigenvalue weighted by atomic mass is 16.2. The number of carbonyl (C=O) groups is 2. The van der Waals surface area contributed by atoms with E-state index in [0.717, 1.165) is 12.0 Å². The van der Waals surface area contributed by atoms with Gasteiger partial charge in [0.05, 0.1) is 0 Å². The molecule has 4 heteroatoms. The molecule has 2 aromatic carbocycles. The Morgan fingerprint density at radius 2 is 1.42 bits per heavy atom. The maximum atomic E-state index is 12.6. The third-order valence-corrected chi connectivity index (χ3v) is 4.38. The van der Waals surface area contributed by atoms with Crippen molar-refractivity contribution in [1.29, 1.82) is 0 Å². The maximum absolute atomic E-state index is 12.6. The van der Waals surface area contributed by atoms with Crippen LogP contribution >= 0.6 is 0 Å². The quantitative estimate of drug-likeness (QED) is 0.791. The van der Waals surface area contributed by atoms with Gasteiger partial charge in [-0.05, 0) is 24.5 Å². The van der Waals surface area contributed by atoms with Crippen LogP contribution in [-0.4, -0.2) is 29.3 Å².